The van der Waals surface area contributed by atoms with Crippen molar-refractivity contribution in [2.75, 3.05) is 32.7 Å². The molecule has 0 aliphatic carbocycles. The monoisotopic (exact) mass is 541 g/mol. The number of piperazine rings is 1. The van der Waals surface area contributed by atoms with Gasteiger partial charge in [0.25, 0.3) is 5.91 Å². The molecule has 0 saturated carbocycles. The normalized spacial score (nSPS) is 21.0. The quantitative estimate of drug-likeness (QED) is 0.515. The van der Waals surface area contributed by atoms with E-state index < -0.39 is 46.6 Å². The van der Waals surface area contributed by atoms with E-state index in [1.807, 2.05) is 0 Å². The van der Waals surface area contributed by atoms with Gasteiger partial charge in [-0.25, -0.2) is 13.2 Å². The summed E-state index contributed by atoms with van der Waals surface area (Å²) in [7, 11) is -3.87. The average Bonchev–Trinajstić information content (AvgIpc) is 3.30. The summed E-state index contributed by atoms with van der Waals surface area (Å²) in [6.07, 6.45) is 0. The summed E-state index contributed by atoms with van der Waals surface area (Å²) >= 11 is 0. The van der Waals surface area contributed by atoms with E-state index in [9.17, 15) is 31.6 Å². The molecule has 1 N–H and O–H groups in total. The van der Waals surface area contributed by atoms with Gasteiger partial charge in [0.15, 0.2) is 5.76 Å². The molecule has 2 aliphatic heterocycles. The van der Waals surface area contributed by atoms with Crippen molar-refractivity contribution in [3.05, 3.63) is 41.3 Å². The van der Waals surface area contributed by atoms with Crippen LogP contribution in [0.25, 0.3) is 0 Å². The smallest absolute Gasteiger partial charge is 0.387 e. The molecule has 0 bridgehead atoms. The average molecular weight is 542 g/mol. The third-order valence-corrected chi connectivity index (χ3v) is 8.53. The molecule has 2 fully saturated rings. The van der Waals surface area contributed by atoms with E-state index >= 15 is 0 Å². The van der Waals surface area contributed by atoms with E-state index in [4.69, 9.17) is 4.52 Å². The number of carbonyl (C=O) groups is 3. The molecule has 1 atom stereocenters. The number of hydrogen-bond donors (Lipinski definition) is 1. The van der Waals surface area contributed by atoms with Gasteiger partial charge < -0.3 is 19.5 Å². The van der Waals surface area contributed by atoms with Crippen LogP contribution in [0.4, 0.5) is 13.6 Å². The van der Waals surface area contributed by atoms with Gasteiger partial charge in [0.2, 0.25) is 15.9 Å². The Balaban J connectivity index is 1.39. The highest BCUT2D eigenvalue weighted by molar-refractivity contribution is 7.89. The van der Waals surface area contributed by atoms with Crippen molar-refractivity contribution in [3.63, 3.8) is 0 Å². The molecule has 0 unspecified atom stereocenters. The highest BCUT2D eigenvalue weighted by atomic mass is 32.2. The van der Waals surface area contributed by atoms with Gasteiger partial charge in [-0.1, -0.05) is 17.3 Å². The van der Waals surface area contributed by atoms with Crippen LogP contribution in [-0.2, 0) is 25.2 Å². The van der Waals surface area contributed by atoms with Gasteiger partial charge >= 0.3 is 12.6 Å². The molecular weight excluding hydrogens is 516 g/mol. The summed E-state index contributed by atoms with van der Waals surface area (Å²) in [5.74, 6) is -1.15. The van der Waals surface area contributed by atoms with Crippen molar-refractivity contribution in [3.8, 4) is 5.75 Å². The largest absolute Gasteiger partial charge is 0.435 e. The summed E-state index contributed by atoms with van der Waals surface area (Å²) in [6, 6.07) is 4.46. The minimum Gasteiger partial charge on any atom is -0.435 e. The standard InChI is InChI=1S/C22H25F2N5O7S/c1-13-18(14(2)36-26-13)37(33,34)28-10-8-27(9-11-28)17(30)12-29-19(31)22(3,25-21(29)32)15-4-6-16(7-5-15)35-20(23)24/h4-7,20H,8-12H2,1-3H3,(H,25,32)/t22-/m1/s1. The van der Waals surface area contributed by atoms with Crippen LogP contribution in [-0.4, -0.2) is 84.9 Å². The number of nitrogens with zero attached hydrogens (tertiary/aromatic N) is 4. The van der Waals surface area contributed by atoms with Crippen LogP contribution in [0, 0.1) is 13.8 Å². The molecule has 200 valence electrons. The van der Waals surface area contributed by atoms with E-state index in [2.05, 4.69) is 15.2 Å². The lowest BCUT2D eigenvalue weighted by Crippen LogP contribution is -2.53. The van der Waals surface area contributed by atoms with Crippen LogP contribution in [0.1, 0.15) is 23.9 Å². The molecule has 2 aliphatic rings. The Morgan fingerprint density at radius 2 is 1.78 bits per heavy atom. The molecule has 0 spiro atoms. The predicted octanol–water partition coefficient (Wildman–Crippen LogP) is 1.19. The number of amides is 4. The number of aromatic nitrogens is 1. The van der Waals surface area contributed by atoms with E-state index in [-0.39, 0.29) is 48.3 Å². The second-order valence-corrected chi connectivity index (χ2v) is 10.7. The lowest BCUT2D eigenvalue weighted by molar-refractivity contribution is -0.139. The number of carbonyl (C=O) groups excluding carboxylic acids is 3. The fourth-order valence-corrected chi connectivity index (χ4v) is 6.10. The molecule has 15 heteroatoms. The third kappa shape index (κ3) is 4.87. The molecule has 3 heterocycles. The maximum atomic E-state index is 13.1. The van der Waals surface area contributed by atoms with Crippen molar-refractivity contribution in [2.24, 2.45) is 0 Å². The summed E-state index contributed by atoms with van der Waals surface area (Å²) in [6.45, 7) is 1.09. The topological polar surface area (TPSA) is 142 Å². The van der Waals surface area contributed by atoms with Gasteiger partial charge in [-0.05, 0) is 38.5 Å². The predicted molar refractivity (Wildman–Crippen MR) is 122 cm³/mol. The first-order valence-corrected chi connectivity index (χ1v) is 12.7. The second kappa shape index (κ2) is 9.70. The van der Waals surface area contributed by atoms with Gasteiger partial charge in [-0.3, -0.25) is 14.5 Å². The SMILES string of the molecule is Cc1noc(C)c1S(=O)(=O)N1CCN(C(=O)CN2C(=O)N[C@](C)(c3ccc(OC(F)F)cc3)C2=O)CC1. The number of benzene rings is 1. The number of ether oxygens (including phenoxy) is 1. The summed E-state index contributed by atoms with van der Waals surface area (Å²) in [4.78, 5) is 40.8. The summed E-state index contributed by atoms with van der Waals surface area (Å²) in [5, 5.41) is 6.23. The number of alkyl halides is 2. The Hall–Kier alpha value is -3.59. The Morgan fingerprint density at radius 1 is 1.16 bits per heavy atom. The maximum Gasteiger partial charge on any atom is 0.387 e. The number of imide groups is 1. The van der Waals surface area contributed by atoms with Crippen molar-refractivity contribution < 1.29 is 40.8 Å². The number of nitrogens with one attached hydrogen (secondary N) is 1. The van der Waals surface area contributed by atoms with Gasteiger partial charge in [0.05, 0.1) is 0 Å². The number of sulfonamides is 1. The van der Waals surface area contributed by atoms with Crippen molar-refractivity contribution in [2.45, 2.75) is 37.8 Å². The molecule has 4 amide bonds. The van der Waals surface area contributed by atoms with E-state index in [1.165, 1.54) is 54.2 Å². The van der Waals surface area contributed by atoms with Gasteiger partial charge in [0, 0.05) is 26.2 Å². The zero-order valence-corrected chi connectivity index (χ0v) is 21.0. The number of hydrogen-bond acceptors (Lipinski definition) is 8. The van der Waals surface area contributed by atoms with Crippen LogP contribution >= 0.6 is 0 Å². The highest BCUT2D eigenvalue weighted by Crippen LogP contribution is 2.30. The lowest BCUT2D eigenvalue weighted by Gasteiger charge is -2.34. The van der Waals surface area contributed by atoms with Gasteiger partial charge in [-0.2, -0.15) is 13.1 Å². The van der Waals surface area contributed by atoms with E-state index in [1.54, 1.807) is 0 Å². The molecule has 0 radical (unpaired) electrons. The first-order chi connectivity index (χ1) is 17.3. The van der Waals surface area contributed by atoms with Crippen LogP contribution in [0.3, 0.4) is 0 Å². The summed E-state index contributed by atoms with van der Waals surface area (Å²) < 4.78 is 61.3. The van der Waals surface area contributed by atoms with Crippen LogP contribution in [0.5, 0.6) is 5.75 Å². The fourth-order valence-electron chi connectivity index (χ4n) is 4.39. The minimum absolute atomic E-state index is 0.000280. The van der Waals surface area contributed by atoms with Crippen molar-refractivity contribution in [1.29, 1.82) is 0 Å². The van der Waals surface area contributed by atoms with Crippen molar-refractivity contribution in [1.82, 2.24) is 24.6 Å². The fraction of sp³-hybridized carbons (Fsp3) is 0.455. The van der Waals surface area contributed by atoms with Gasteiger partial charge in [-0.15, -0.1) is 0 Å². The zero-order valence-electron chi connectivity index (χ0n) is 20.2. The molecular formula is C22H25F2N5O7S. The first-order valence-electron chi connectivity index (χ1n) is 11.2. The lowest BCUT2D eigenvalue weighted by atomic mass is 9.92. The Labute approximate surface area is 211 Å². The summed E-state index contributed by atoms with van der Waals surface area (Å²) in [5.41, 5.74) is -0.948. The maximum absolute atomic E-state index is 13.1. The number of halogens is 2. The Bertz CT molecular complexity index is 1300. The van der Waals surface area contributed by atoms with Crippen LogP contribution in [0.2, 0.25) is 0 Å². The number of aryl methyl sites for hydroxylation is 2. The van der Waals surface area contributed by atoms with E-state index in [0.29, 0.717) is 5.56 Å². The Kier molecular flexibility index (Phi) is 6.94. The van der Waals surface area contributed by atoms with E-state index in [0.717, 1.165) is 4.90 Å². The molecule has 4 rings (SSSR count). The molecule has 1 aromatic carbocycles. The number of urea groups is 1. The Morgan fingerprint density at radius 3 is 2.32 bits per heavy atom. The molecule has 2 saturated heterocycles. The minimum atomic E-state index is -3.87. The van der Waals surface area contributed by atoms with Crippen LogP contribution in [0.15, 0.2) is 33.7 Å². The molecule has 1 aromatic heterocycles. The second-order valence-electron chi connectivity index (χ2n) is 8.79. The highest BCUT2D eigenvalue weighted by Gasteiger charge is 2.50. The third-order valence-electron chi connectivity index (χ3n) is 6.38. The van der Waals surface area contributed by atoms with Gasteiger partial charge in [0.1, 0.15) is 28.4 Å². The molecule has 37 heavy (non-hydrogen) atoms. The molecule has 12 nitrogen and oxygen atoms in total. The zero-order chi connectivity index (χ0) is 27.1. The first kappa shape index (κ1) is 26.5. The number of rotatable bonds is 7. The van der Waals surface area contributed by atoms with Crippen molar-refractivity contribution >= 4 is 27.9 Å². The molecule has 2 aromatic rings. The van der Waals surface area contributed by atoms with Crippen LogP contribution < -0.4 is 10.1 Å².